The summed E-state index contributed by atoms with van der Waals surface area (Å²) in [5, 5.41) is 8.40. The first-order valence-electron chi connectivity index (χ1n) is 6.58. The largest absolute Gasteiger partial charge is 0.349 e. The van der Waals surface area contributed by atoms with Gasteiger partial charge in [-0.15, -0.1) is 0 Å². The number of amides is 1. The van der Waals surface area contributed by atoms with Crippen LogP contribution < -0.4 is 5.32 Å². The predicted octanol–water partition coefficient (Wildman–Crippen LogP) is 2.48. The molecule has 0 radical (unpaired) electrons. The SMILES string of the molecule is Cn1ncc2c1CCCC2NC(=O)CCCCBr. The van der Waals surface area contributed by atoms with Crippen molar-refractivity contribution in [2.75, 3.05) is 5.33 Å². The number of unbranched alkanes of at least 4 members (excludes halogenated alkanes) is 1. The van der Waals surface area contributed by atoms with Gasteiger partial charge in [0.05, 0.1) is 12.2 Å². The molecule has 0 fully saturated rings. The Kier molecular flexibility index (Phi) is 4.80. The summed E-state index contributed by atoms with van der Waals surface area (Å²) in [7, 11) is 1.97. The molecular formula is C13H20BrN3O. The number of nitrogens with one attached hydrogen (secondary N) is 1. The quantitative estimate of drug-likeness (QED) is 0.670. The molecule has 5 heteroatoms. The number of alkyl halides is 1. The molecule has 1 aromatic rings. The molecule has 0 saturated carbocycles. The summed E-state index contributed by atoms with van der Waals surface area (Å²) in [6.07, 6.45) is 7.75. The predicted molar refractivity (Wildman–Crippen MR) is 74.7 cm³/mol. The Hall–Kier alpha value is -0.840. The molecule has 100 valence electrons. The van der Waals surface area contributed by atoms with E-state index in [4.69, 9.17) is 0 Å². The van der Waals surface area contributed by atoms with E-state index in [1.807, 2.05) is 17.9 Å². The van der Waals surface area contributed by atoms with Crippen LogP contribution in [0.1, 0.15) is 49.4 Å². The van der Waals surface area contributed by atoms with E-state index in [0.29, 0.717) is 6.42 Å². The van der Waals surface area contributed by atoms with Crippen molar-refractivity contribution in [2.24, 2.45) is 7.05 Å². The minimum absolute atomic E-state index is 0.164. The number of fused-ring (bicyclic) bond motifs is 1. The maximum absolute atomic E-state index is 11.8. The van der Waals surface area contributed by atoms with Crippen LogP contribution in [-0.2, 0) is 18.3 Å². The molecule has 0 spiro atoms. The summed E-state index contributed by atoms with van der Waals surface area (Å²) >= 11 is 3.38. The number of carbonyl (C=O) groups excluding carboxylic acids is 1. The van der Waals surface area contributed by atoms with Gasteiger partial charge in [-0.05, 0) is 32.1 Å². The van der Waals surface area contributed by atoms with Gasteiger partial charge in [0.25, 0.3) is 0 Å². The summed E-state index contributed by atoms with van der Waals surface area (Å²) in [5.74, 6) is 0.164. The molecule has 0 aliphatic heterocycles. The number of hydrogen-bond acceptors (Lipinski definition) is 2. The van der Waals surface area contributed by atoms with E-state index in [1.165, 1.54) is 11.3 Å². The Morgan fingerprint density at radius 3 is 3.22 bits per heavy atom. The third-order valence-electron chi connectivity index (χ3n) is 3.50. The van der Waals surface area contributed by atoms with E-state index < -0.39 is 0 Å². The highest BCUT2D eigenvalue weighted by atomic mass is 79.9. The zero-order valence-electron chi connectivity index (χ0n) is 10.8. The molecule has 1 N–H and O–H groups in total. The lowest BCUT2D eigenvalue weighted by Crippen LogP contribution is -2.30. The lowest BCUT2D eigenvalue weighted by Gasteiger charge is -2.23. The van der Waals surface area contributed by atoms with Crippen molar-refractivity contribution in [1.29, 1.82) is 0 Å². The molecule has 1 aliphatic carbocycles. The number of halogens is 1. The molecule has 1 atom stereocenters. The van der Waals surface area contributed by atoms with Gasteiger partial charge in [-0.25, -0.2) is 0 Å². The van der Waals surface area contributed by atoms with Crippen molar-refractivity contribution in [3.8, 4) is 0 Å². The van der Waals surface area contributed by atoms with Crippen molar-refractivity contribution < 1.29 is 4.79 Å². The van der Waals surface area contributed by atoms with Crippen LogP contribution in [0.2, 0.25) is 0 Å². The number of hydrogen-bond donors (Lipinski definition) is 1. The van der Waals surface area contributed by atoms with Crippen LogP contribution in [0.5, 0.6) is 0 Å². The number of rotatable bonds is 5. The van der Waals surface area contributed by atoms with Crippen molar-refractivity contribution in [3.05, 3.63) is 17.5 Å². The van der Waals surface area contributed by atoms with Crippen molar-refractivity contribution >= 4 is 21.8 Å². The van der Waals surface area contributed by atoms with Gasteiger partial charge >= 0.3 is 0 Å². The summed E-state index contributed by atoms with van der Waals surface area (Å²) in [4.78, 5) is 11.8. The van der Waals surface area contributed by atoms with Gasteiger partial charge in [-0.2, -0.15) is 5.10 Å². The van der Waals surface area contributed by atoms with Gasteiger partial charge in [0.15, 0.2) is 0 Å². The number of aryl methyl sites for hydroxylation is 1. The third kappa shape index (κ3) is 3.13. The zero-order chi connectivity index (χ0) is 13.0. The average Bonchev–Trinajstić information content (AvgIpc) is 2.73. The van der Waals surface area contributed by atoms with Crippen molar-refractivity contribution in [3.63, 3.8) is 0 Å². The standard InChI is InChI=1S/C13H20BrN3O/c1-17-12-6-4-5-11(10(12)9-15-17)16-13(18)7-2-3-8-14/h9,11H,2-8H2,1H3,(H,16,18). The topological polar surface area (TPSA) is 46.9 Å². The third-order valence-corrected chi connectivity index (χ3v) is 4.06. The van der Waals surface area contributed by atoms with E-state index >= 15 is 0 Å². The van der Waals surface area contributed by atoms with E-state index in [0.717, 1.165) is 37.4 Å². The molecule has 1 aromatic heterocycles. The molecule has 2 rings (SSSR count). The minimum atomic E-state index is 0.164. The molecule has 4 nitrogen and oxygen atoms in total. The van der Waals surface area contributed by atoms with Gasteiger partial charge in [0.1, 0.15) is 0 Å². The maximum atomic E-state index is 11.8. The van der Waals surface area contributed by atoms with Gasteiger partial charge in [0, 0.05) is 30.1 Å². The van der Waals surface area contributed by atoms with Crippen LogP contribution in [0.25, 0.3) is 0 Å². The Morgan fingerprint density at radius 1 is 1.61 bits per heavy atom. The monoisotopic (exact) mass is 313 g/mol. The van der Waals surface area contributed by atoms with Gasteiger partial charge < -0.3 is 5.32 Å². The Labute approximate surface area is 116 Å². The Balaban J connectivity index is 1.92. The molecule has 18 heavy (non-hydrogen) atoms. The normalized spacial score (nSPS) is 18.4. The first-order valence-corrected chi connectivity index (χ1v) is 7.70. The zero-order valence-corrected chi connectivity index (χ0v) is 12.4. The molecule has 1 aliphatic rings. The first kappa shape index (κ1) is 13.6. The molecule has 0 aromatic carbocycles. The van der Waals surface area contributed by atoms with Crippen LogP contribution in [0.3, 0.4) is 0 Å². The summed E-state index contributed by atoms with van der Waals surface area (Å²) < 4.78 is 1.93. The lowest BCUT2D eigenvalue weighted by atomic mass is 9.93. The fourth-order valence-corrected chi connectivity index (χ4v) is 2.90. The Bertz CT molecular complexity index is 416. The van der Waals surface area contributed by atoms with Gasteiger partial charge in [-0.3, -0.25) is 9.48 Å². The van der Waals surface area contributed by atoms with Crippen LogP contribution in [0.4, 0.5) is 0 Å². The van der Waals surface area contributed by atoms with Crippen LogP contribution in [-0.4, -0.2) is 21.0 Å². The van der Waals surface area contributed by atoms with E-state index in [2.05, 4.69) is 26.3 Å². The summed E-state index contributed by atoms with van der Waals surface area (Å²) in [6.45, 7) is 0. The smallest absolute Gasteiger partial charge is 0.220 e. The fourth-order valence-electron chi connectivity index (χ4n) is 2.50. The maximum Gasteiger partial charge on any atom is 0.220 e. The molecule has 1 heterocycles. The number of aromatic nitrogens is 2. The minimum Gasteiger partial charge on any atom is -0.349 e. The van der Waals surface area contributed by atoms with Gasteiger partial charge in [0.2, 0.25) is 5.91 Å². The molecule has 0 saturated heterocycles. The highest BCUT2D eigenvalue weighted by Crippen LogP contribution is 2.29. The van der Waals surface area contributed by atoms with Crippen molar-refractivity contribution in [2.45, 2.75) is 44.6 Å². The molecule has 1 unspecified atom stereocenters. The van der Waals surface area contributed by atoms with Crippen LogP contribution >= 0.6 is 15.9 Å². The second-order valence-electron chi connectivity index (χ2n) is 4.83. The number of carbonyl (C=O) groups is 1. The van der Waals surface area contributed by atoms with Gasteiger partial charge in [-0.1, -0.05) is 15.9 Å². The van der Waals surface area contributed by atoms with Crippen LogP contribution in [0.15, 0.2) is 6.20 Å². The first-order chi connectivity index (χ1) is 8.72. The van der Waals surface area contributed by atoms with E-state index in [1.54, 1.807) is 0 Å². The highest BCUT2D eigenvalue weighted by molar-refractivity contribution is 9.09. The second-order valence-corrected chi connectivity index (χ2v) is 5.62. The van der Waals surface area contributed by atoms with Crippen LogP contribution in [0, 0.1) is 0 Å². The summed E-state index contributed by atoms with van der Waals surface area (Å²) in [5.41, 5.74) is 2.48. The highest BCUT2D eigenvalue weighted by Gasteiger charge is 2.24. The second kappa shape index (κ2) is 6.36. The van der Waals surface area contributed by atoms with E-state index in [-0.39, 0.29) is 11.9 Å². The van der Waals surface area contributed by atoms with E-state index in [9.17, 15) is 4.79 Å². The van der Waals surface area contributed by atoms with Crippen molar-refractivity contribution in [1.82, 2.24) is 15.1 Å². The molecular weight excluding hydrogens is 294 g/mol. The summed E-state index contributed by atoms with van der Waals surface area (Å²) in [6, 6.07) is 0.166. The lowest BCUT2D eigenvalue weighted by molar-refractivity contribution is -0.122. The average molecular weight is 314 g/mol. The fraction of sp³-hybridized carbons (Fsp3) is 0.692. The molecule has 1 amide bonds. The Morgan fingerprint density at radius 2 is 2.44 bits per heavy atom. The molecule has 0 bridgehead atoms. The number of nitrogens with zero attached hydrogens (tertiary/aromatic N) is 2.